The molecule has 0 fully saturated rings. The van der Waals surface area contributed by atoms with Crippen LogP contribution in [0.4, 0.5) is 5.69 Å². The molecule has 2 atom stereocenters. The molecular formula is C26H27N3O. The first-order valence-corrected chi connectivity index (χ1v) is 10.3. The number of nitrogens with zero attached hydrogens (tertiary/aromatic N) is 1. The van der Waals surface area contributed by atoms with E-state index in [-0.39, 0.29) is 17.9 Å². The minimum Gasteiger partial charge on any atom is -0.361 e. The quantitative estimate of drug-likeness (QED) is 0.464. The zero-order chi connectivity index (χ0) is 20.9. The van der Waals surface area contributed by atoms with E-state index in [0.29, 0.717) is 6.54 Å². The smallest absolute Gasteiger partial charge is 0.243 e. The number of aromatic amines is 1. The molecule has 0 spiro atoms. The van der Waals surface area contributed by atoms with Gasteiger partial charge in [-0.05, 0) is 36.2 Å². The largest absolute Gasteiger partial charge is 0.361 e. The van der Waals surface area contributed by atoms with Gasteiger partial charge in [-0.1, -0.05) is 66.7 Å². The van der Waals surface area contributed by atoms with Gasteiger partial charge in [0.05, 0.1) is 6.04 Å². The number of likely N-dealkylation sites (N-methyl/N-ethyl adjacent to an activating group) is 1. The van der Waals surface area contributed by atoms with Crippen molar-refractivity contribution >= 4 is 22.5 Å². The zero-order valence-electron chi connectivity index (χ0n) is 17.4. The number of nitrogens with one attached hydrogen (secondary N) is 2. The fraction of sp³-hybridized carbons (Fsp3) is 0.192. The molecule has 4 rings (SSSR count). The minimum absolute atomic E-state index is 0.0481. The second kappa shape index (κ2) is 8.97. The molecule has 0 saturated heterocycles. The predicted molar refractivity (Wildman–Crippen MR) is 124 cm³/mol. The summed E-state index contributed by atoms with van der Waals surface area (Å²) in [5.41, 5.74) is 4.49. The average molecular weight is 398 g/mol. The highest BCUT2D eigenvalue weighted by Gasteiger charge is 2.22. The van der Waals surface area contributed by atoms with Gasteiger partial charge < -0.3 is 15.2 Å². The second-order valence-corrected chi connectivity index (χ2v) is 7.62. The standard InChI is InChI=1S/C26H27N3O/c1-19(26(30)29(2)21-13-7-4-8-14-21)27-17-23(20-11-5-3-6-12-20)24-18-28-25-16-10-9-15-22(24)25/h3-16,18-19,23,27-28H,17H2,1-2H3/t19-,23-/m0/s1. The number of anilines is 1. The van der Waals surface area contributed by atoms with Crippen LogP contribution in [0.15, 0.2) is 91.1 Å². The van der Waals surface area contributed by atoms with Gasteiger partial charge in [0, 0.05) is 42.3 Å². The van der Waals surface area contributed by atoms with E-state index < -0.39 is 0 Å². The number of amides is 1. The summed E-state index contributed by atoms with van der Waals surface area (Å²) in [7, 11) is 1.82. The van der Waals surface area contributed by atoms with E-state index in [1.807, 2.05) is 56.4 Å². The number of carbonyl (C=O) groups is 1. The molecule has 0 aliphatic heterocycles. The average Bonchev–Trinajstić information content (AvgIpc) is 3.23. The highest BCUT2D eigenvalue weighted by atomic mass is 16.2. The van der Waals surface area contributed by atoms with E-state index in [2.05, 4.69) is 59.0 Å². The van der Waals surface area contributed by atoms with Crippen molar-refractivity contribution in [2.45, 2.75) is 18.9 Å². The van der Waals surface area contributed by atoms with Crippen LogP contribution in [0.3, 0.4) is 0 Å². The van der Waals surface area contributed by atoms with Gasteiger partial charge in [0.15, 0.2) is 0 Å². The second-order valence-electron chi connectivity index (χ2n) is 7.62. The molecule has 0 bridgehead atoms. The molecule has 1 heterocycles. The molecule has 0 aliphatic carbocycles. The fourth-order valence-electron chi connectivity index (χ4n) is 3.93. The van der Waals surface area contributed by atoms with Gasteiger partial charge in [-0.2, -0.15) is 0 Å². The first-order chi connectivity index (χ1) is 14.6. The van der Waals surface area contributed by atoms with Gasteiger partial charge in [-0.15, -0.1) is 0 Å². The van der Waals surface area contributed by atoms with Crippen LogP contribution in [-0.4, -0.2) is 30.5 Å². The van der Waals surface area contributed by atoms with Gasteiger partial charge in [0.25, 0.3) is 0 Å². The van der Waals surface area contributed by atoms with Crippen molar-refractivity contribution in [3.63, 3.8) is 0 Å². The molecule has 1 amide bonds. The van der Waals surface area contributed by atoms with E-state index in [4.69, 9.17) is 0 Å². The topological polar surface area (TPSA) is 48.1 Å². The molecule has 0 radical (unpaired) electrons. The number of carbonyl (C=O) groups excluding carboxylic acids is 1. The predicted octanol–water partition coefficient (Wildman–Crippen LogP) is 4.94. The van der Waals surface area contributed by atoms with Gasteiger partial charge in [0.2, 0.25) is 5.91 Å². The first kappa shape index (κ1) is 19.9. The number of benzene rings is 3. The zero-order valence-corrected chi connectivity index (χ0v) is 17.4. The lowest BCUT2D eigenvalue weighted by Crippen LogP contribution is -2.44. The Morgan fingerprint density at radius 3 is 2.30 bits per heavy atom. The van der Waals surface area contributed by atoms with Crippen molar-refractivity contribution in [1.82, 2.24) is 10.3 Å². The van der Waals surface area contributed by atoms with Gasteiger partial charge in [-0.25, -0.2) is 0 Å². The van der Waals surface area contributed by atoms with E-state index in [9.17, 15) is 4.79 Å². The summed E-state index contributed by atoms with van der Waals surface area (Å²) < 4.78 is 0. The van der Waals surface area contributed by atoms with Crippen molar-refractivity contribution in [2.24, 2.45) is 0 Å². The van der Waals surface area contributed by atoms with Crippen LogP contribution < -0.4 is 10.2 Å². The van der Waals surface area contributed by atoms with Crippen LogP contribution in [0, 0.1) is 0 Å². The van der Waals surface area contributed by atoms with Crippen LogP contribution in [0.25, 0.3) is 10.9 Å². The first-order valence-electron chi connectivity index (χ1n) is 10.3. The third kappa shape index (κ3) is 4.14. The van der Waals surface area contributed by atoms with Crippen molar-refractivity contribution in [2.75, 3.05) is 18.5 Å². The summed E-state index contributed by atoms with van der Waals surface area (Å²) in [5.74, 6) is 0.187. The summed E-state index contributed by atoms with van der Waals surface area (Å²) in [6.45, 7) is 2.60. The van der Waals surface area contributed by atoms with E-state index in [1.165, 1.54) is 16.5 Å². The SMILES string of the molecule is C[C@H](NC[C@@H](c1ccccc1)c1c[nH]c2ccccc12)C(=O)N(C)c1ccccc1. The van der Waals surface area contributed by atoms with Crippen LogP contribution in [0.5, 0.6) is 0 Å². The van der Waals surface area contributed by atoms with Crippen LogP contribution in [0.2, 0.25) is 0 Å². The van der Waals surface area contributed by atoms with Crippen molar-refractivity contribution < 1.29 is 4.79 Å². The molecule has 0 saturated carbocycles. The van der Waals surface area contributed by atoms with Crippen molar-refractivity contribution in [3.8, 4) is 0 Å². The Morgan fingerprint density at radius 1 is 0.933 bits per heavy atom. The van der Waals surface area contributed by atoms with E-state index in [1.54, 1.807) is 4.90 Å². The molecule has 152 valence electrons. The Kier molecular flexibility index (Phi) is 5.96. The summed E-state index contributed by atoms with van der Waals surface area (Å²) in [6, 6.07) is 28.2. The minimum atomic E-state index is -0.299. The molecule has 30 heavy (non-hydrogen) atoms. The summed E-state index contributed by atoms with van der Waals surface area (Å²) >= 11 is 0. The molecule has 3 aromatic carbocycles. The number of rotatable bonds is 7. The lowest BCUT2D eigenvalue weighted by atomic mass is 9.90. The highest BCUT2D eigenvalue weighted by Crippen LogP contribution is 2.30. The molecule has 4 aromatic rings. The number of para-hydroxylation sites is 2. The maximum Gasteiger partial charge on any atom is 0.243 e. The highest BCUT2D eigenvalue weighted by molar-refractivity contribution is 5.96. The van der Waals surface area contributed by atoms with Crippen LogP contribution in [0.1, 0.15) is 24.0 Å². The van der Waals surface area contributed by atoms with Gasteiger partial charge in [0.1, 0.15) is 0 Å². The van der Waals surface area contributed by atoms with Gasteiger partial charge >= 0.3 is 0 Å². The summed E-state index contributed by atoms with van der Waals surface area (Å²) in [4.78, 5) is 18.0. The Labute approximate surface area is 177 Å². The summed E-state index contributed by atoms with van der Waals surface area (Å²) in [6.07, 6.45) is 2.09. The number of H-pyrrole nitrogens is 1. The molecule has 4 heteroatoms. The van der Waals surface area contributed by atoms with Crippen molar-refractivity contribution in [3.05, 3.63) is 102 Å². The van der Waals surface area contributed by atoms with E-state index in [0.717, 1.165) is 11.2 Å². The molecule has 1 aromatic heterocycles. The Hall–Kier alpha value is -3.37. The number of hydrogen-bond donors (Lipinski definition) is 2. The molecular weight excluding hydrogens is 370 g/mol. The number of aromatic nitrogens is 1. The molecule has 2 N–H and O–H groups in total. The maximum absolute atomic E-state index is 12.9. The maximum atomic E-state index is 12.9. The van der Waals surface area contributed by atoms with Gasteiger partial charge in [-0.3, -0.25) is 4.79 Å². The third-order valence-electron chi connectivity index (χ3n) is 5.67. The molecule has 0 aliphatic rings. The van der Waals surface area contributed by atoms with Crippen LogP contribution >= 0.6 is 0 Å². The number of hydrogen-bond acceptors (Lipinski definition) is 2. The lowest BCUT2D eigenvalue weighted by molar-refractivity contribution is -0.119. The number of fused-ring (bicyclic) bond motifs is 1. The van der Waals surface area contributed by atoms with Crippen molar-refractivity contribution in [1.29, 1.82) is 0 Å². The van der Waals surface area contributed by atoms with E-state index >= 15 is 0 Å². The Morgan fingerprint density at radius 2 is 1.57 bits per heavy atom. The summed E-state index contributed by atoms with van der Waals surface area (Å²) in [5, 5.41) is 4.70. The van der Waals surface area contributed by atoms with Crippen LogP contribution in [-0.2, 0) is 4.79 Å². The molecule has 0 unspecified atom stereocenters. The monoisotopic (exact) mass is 397 g/mol. The third-order valence-corrected chi connectivity index (χ3v) is 5.67. The normalized spacial score (nSPS) is 13.1. The fourth-order valence-corrected chi connectivity index (χ4v) is 3.93. The Bertz CT molecular complexity index is 1100. The molecule has 4 nitrogen and oxygen atoms in total. The Balaban J connectivity index is 1.55. The lowest BCUT2D eigenvalue weighted by Gasteiger charge is -2.25.